The van der Waals surface area contributed by atoms with Gasteiger partial charge in [-0.25, -0.2) is 9.18 Å². The molecule has 1 saturated heterocycles. The van der Waals surface area contributed by atoms with E-state index in [4.69, 9.17) is 4.74 Å². The molecule has 3 heterocycles. The molecular formula is C38H52FN3O3S. The third-order valence-electron chi connectivity index (χ3n) is 9.97. The van der Waals surface area contributed by atoms with Gasteiger partial charge in [0.05, 0.1) is 7.11 Å². The van der Waals surface area contributed by atoms with Gasteiger partial charge in [-0.3, -0.25) is 14.6 Å². The van der Waals surface area contributed by atoms with Crippen molar-refractivity contribution in [1.82, 2.24) is 4.90 Å². The summed E-state index contributed by atoms with van der Waals surface area (Å²) >= 11 is 1.58. The maximum Gasteiger partial charge on any atom is 0.328 e. The first-order valence-corrected chi connectivity index (χ1v) is 18.3. The maximum atomic E-state index is 14.3. The van der Waals surface area contributed by atoms with Crippen LogP contribution < -0.4 is 9.80 Å². The Kier molecular flexibility index (Phi) is 11.8. The predicted molar refractivity (Wildman–Crippen MR) is 189 cm³/mol. The van der Waals surface area contributed by atoms with E-state index in [2.05, 4.69) is 54.8 Å². The number of methoxy groups -OCH3 is 1. The lowest BCUT2D eigenvalue weighted by molar-refractivity contribution is -0.144. The lowest BCUT2D eigenvalue weighted by Crippen LogP contribution is -2.51. The number of benzene rings is 2. The van der Waals surface area contributed by atoms with E-state index in [1.165, 1.54) is 39.2 Å². The normalized spacial score (nSPS) is 17.4. The maximum absolute atomic E-state index is 14.3. The zero-order valence-electron chi connectivity index (χ0n) is 28.3. The number of rotatable bonds is 15. The molecule has 0 bridgehead atoms. The number of piperazine rings is 1. The first kappa shape index (κ1) is 34.4. The van der Waals surface area contributed by atoms with Crippen LogP contribution >= 0.6 is 11.3 Å². The molecule has 1 fully saturated rings. The number of amides is 1. The van der Waals surface area contributed by atoms with E-state index < -0.39 is 6.04 Å². The summed E-state index contributed by atoms with van der Waals surface area (Å²) in [6.07, 6.45) is 11.3. The smallest absolute Gasteiger partial charge is 0.328 e. The first-order valence-electron chi connectivity index (χ1n) is 17.4. The standard InChI is InChI=1S/C38H52FN3O3S/c1-5-6-7-8-9-10-11-12-13-32(37(44)45-4)42-34-24-28(14-15-31(34)38(2,3)27-36(42)43)16-18-40-19-21-41(22-20-40)33-25-29(39)26-35-30(33)17-23-46-35/h14-15,17,23-26,32H,5-13,16,18-22,27H2,1-4H3. The Morgan fingerprint density at radius 1 is 0.957 bits per heavy atom. The Bertz CT molecular complexity index is 1480. The summed E-state index contributed by atoms with van der Waals surface area (Å²) in [5.74, 6) is -0.510. The fraction of sp³-hybridized carbons (Fsp3) is 0.579. The molecule has 46 heavy (non-hydrogen) atoms. The van der Waals surface area contributed by atoms with Gasteiger partial charge in [-0.05, 0) is 53.6 Å². The number of hydrogen-bond donors (Lipinski definition) is 0. The van der Waals surface area contributed by atoms with Crippen LogP contribution in [-0.2, 0) is 26.2 Å². The molecule has 6 nitrogen and oxygen atoms in total. The number of nitrogens with zero attached hydrogens (tertiary/aromatic N) is 3. The minimum absolute atomic E-state index is 0.00202. The molecule has 250 valence electrons. The second-order valence-electron chi connectivity index (χ2n) is 13.8. The second kappa shape index (κ2) is 15.7. The number of ether oxygens (including phenoxy) is 1. The molecule has 0 saturated carbocycles. The number of carbonyl (C=O) groups excluding carboxylic acids is 2. The quantitative estimate of drug-likeness (QED) is 0.122. The van der Waals surface area contributed by atoms with Crippen molar-refractivity contribution in [3.05, 3.63) is 58.7 Å². The summed E-state index contributed by atoms with van der Waals surface area (Å²) in [7, 11) is 1.43. The van der Waals surface area contributed by atoms with Crippen LogP contribution in [0.4, 0.5) is 15.8 Å². The fourth-order valence-corrected chi connectivity index (χ4v) is 8.11. The van der Waals surface area contributed by atoms with Gasteiger partial charge in [0.25, 0.3) is 0 Å². The minimum Gasteiger partial charge on any atom is -0.467 e. The van der Waals surface area contributed by atoms with E-state index in [0.29, 0.717) is 12.8 Å². The molecule has 0 spiro atoms. The van der Waals surface area contributed by atoms with E-state index in [1.54, 1.807) is 28.4 Å². The van der Waals surface area contributed by atoms with Crippen molar-refractivity contribution in [1.29, 1.82) is 0 Å². The Morgan fingerprint density at radius 2 is 1.67 bits per heavy atom. The van der Waals surface area contributed by atoms with Crippen LogP contribution in [0.15, 0.2) is 41.8 Å². The molecular weight excluding hydrogens is 598 g/mol. The molecule has 5 rings (SSSR count). The number of esters is 1. The van der Waals surface area contributed by atoms with Crippen molar-refractivity contribution in [3.63, 3.8) is 0 Å². The highest BCUT2D eigenvalue weighted by Gasteiger charge is 2.42. The number of halogens is 1. The van der Waals surface area contributed by atoms with Gasteiger partial charge < -0.3 is 9.64 Å². The Labute approximate surface area is 278 Å². The summed E-state index contributed by atoms with van der Waals surface area (Å²) in [6.45, 7) is 10.9. The molecule has 2 aromatic carbocycles. The molecule has 1 unspecified atom stereocenters. The van der Waals surface area contributed by atoms with Crippen LogP contribution in [0.1, 0.15) is 96.1 Å². The van der Waals surface area contributed by atoms with Gasteiger partial charge in [-0.2, -0.15) is 0 Å². The third kappa shape index (κ3) is 8.11. The highest BCUT2D eigenvalue weighted by molar-refractivity contribution is 7.17. The topological polar surface area (TPSA) is 53.1 Å². The van der Waals surface area contributed by atoms with E-state index >= 15 is 0 Å². The molecule has 2 aliphatic heterocycles. The van der Waals surface area contributed by atoms with Crippen LogP contribution in [0, 0.1) is 5.82 Å². The van der Waals surface area contributed by atoms with Crippen LogP contribution in [0.25, 0.3) is 10.1 Å². The number of carbonyl (C=O) groups is 2. The summed E-state index contributed by atoms with van der Waals surface area (Å²) in [4.78, 5) is 33.4. The van der Waals surface area contributed by atoms with Crippen molar-refractivity contribution in [2.75, 3.05) is 49.6 Å². The van der Waals surface area contributed by atoms with Gasteiger partial charge in [0.1, 0.15) is 11.9 Å². The molecule has 3 aromatic rings. The Hall–Kier alpha value is -2.97. The van der Waals surface area contributed by atoms with Crippen LogP contribution in [-0.4, -0.2) is 62.7 Å². The largest absolute Gasteiger partial charge is 0.467 e. The van der Waals surface area contributed by atoms with Gasteiger partial charge in [0.2, 0.25) is 5.91 Å². The average molecular weight is 650 g/mol. The summed E-state index contributed by atoms with van der Waals surface area (Å²) in [6, 6.07) is 11.3. The SMILES string of the molecule is CCCCCCCCCCC(C(=O)OC)N1C(=O)CC(C)(C)c2ccc(CCN3CCN(c4cc(F)cc5sccc45)CC3)cc21. The van der Waals surface area contributed by atoms with Crippen molar-refractivity contribution >= 4 is 44.7 Å². The van der Waals surface area contributed by atoms with E-state index in [-0.39, 0.29) is 23.1 Å². The highest BCUT2D eigenvalue weighted by atomic mass is 32.1. The molecule has 0 radical (unpaired) electrons. The molecule has 1 atom stereocenters. The molecule has 0 N–H and O–H groups in total. The van der Waals surface area contributed by atoms with Crippen molar-refractivity contribution in [2.24, 2.45) is 0 Å². The molecule has 0 aliphatic carbocycles. The minimum atomic E-state index is -0.603. The zero-order valence-corrected chi connectivity index (χ0v) is 29.1. The summed E-state index contributed by atoms with van der Waals surface area (Å²) in [5, 5.41) is 3.16. The average Bonchev–Trinajstić information content (AvgIpc) is 3.51. The molecule has 8 heteroatoms. The number of unbranched alkanes of at least 4 members (excludes halogenated alkanes) is 7. The number of anilines is 2. The lowest BCUT2D eigenvalue weighted by Gasteiger charge is -2.41. The van der Waals surface area contributed by atoms with Crippen LogP contribution in [0.3, 0.4) is 0 Å². The Morgan fingerprint density at radius 3 is 2.39 bits per heavy atom. The number of hydrogen-bond acceptors (Lipinski definition) is 6. The Balaban J connectivity index is 1.23. The lowest BCUT2D eigenvalue weighted by atomic mass is 9.76. The van der Waals surface area contributed by atoms with Crippen molar-refractivity contribution in [3.8, 4) is 0 Å². The van der Waals surface area contributed by atoms with Crippen LogP contribution in [0.2, 0.25) is 0 Å². The monoisotopic (exact) mass is 649 g/mol. The number of thiophene rings is 1. The van der Waals surface area contributed by atoms with Gasteiger partial charge in [0.15, 0.2) is 0 Å². The third-order valence-corrected chi connectivity index (χ3v) is 10.8. The van der Waals surface area contributed by atoms with Crippen molar-refractivity contribution < 1.29 is 18.7 Å². The second-order valence-corrected chi connectivity index (χ2v) is 14.8. The molecule has 2 aliphatic rings. The first-order chi connectivity index (χ1) is 22.2. The van der Waals surface area contributed by atoms with Gasteiger partial charge in [0, 0.05) is 66.0 Å². The van der Waals surface area contributed by atoms with E-state index in [0.717, 1.165) is 91.0 Å². The summed E-state index contributed by atoms with van der Waals surface area (Å²) in [5.41, 5.74) is 3.83. The number of fused-ring (bicyclic) bond motifs is 2. The molecule has 1 amide bonds. The van der Waals surface area contributed by atoms with Gasteiger partial charge >= 0.3 is 5.97 Å². The van der Waals surface area contributed by atoms with E-state index in [9.17, 15) is 14.0 Å². The van der Waals surface area contributed by atoms with Crippen LogP contribution in [0.5, 0.6) is 0 Å². The van der Waals surface area contributed by atoms with Gasteiger partial charge in [-0.1, -0.05) is 84.3 Å². The van der Waals surface area contributed by atoms with Gasteiger partial charge in [-0.15, -0.1) is 11.3 Å². The fourth-order valence-electron chi connectivity index (χ4n) is 7.28. The predicted octanol–water partition coefficient (Wildman–Crippen LogP) is 8.49. The van der Waals surface area contributed by atoms with Crippen molar-refractivity contribution in [2.45, 2.75) is 103 Å². The zero-order chi connectivity index (χ0) is 32.7. The van der Waals surface area contributed by atoms with E-state index in [1.807, 2.05) is 5.38 Å². The highest BCUT2D eigenvalue weighted by Crippen LogP contribution is 2.42. The molecule has 1 aromatic heterocycles. The summed E-state index contributed by atoms with van der Waals surface area (Å²) < 4.78 is 20.6.